The van der Waals surface area contributed by atoms with Gasteiger partial charge in [0.1, 0.15) is 23.5 Å². The molecule has 27 heavy (non-hydrogen) atoms. The normalized spacial score (nSPS) is 27.5. The van der Waals surface area contributed by atoms with Gasteiger partial charge in [-0.15, -0.1) is 0 Å². The molecule has 1 spiro atoms. The first-order valence-corrected chi connectivity index (χ1v) is 9.69. The number of ether oxygens (including phenoxy) is 3. The summed E-state index contributed by atoms with van der Waals surface area (Å²) in [5.74, 6) is 2.20. The Balaban J connectivity index is 1.49. The van der Waals surface area contributed by atoms with E-state index in [0.29, 0.717) is 25.7 Å². The molecule has 0 N–H and O–H groups in total. The van der Waals surface area contributed by atoms with E-state index in [1.165, 1.54) is 5.56 Å². The number of amides is 1. The number of hydrogen-bond donors (Lipinski definition) is 0. The summed E-state index contributed by atoms with van der Waals surface area (Å²) < 4.78 is 17.3. The molecule has 5 heteroatoms. The van der Waals surface area contributed by atoms with E-state index in [9.17, 15) is 4.79 Å². The molecule has 6 rings (SSSR count). The molecule has 1 fully saturated rings. The molecular formula is C22H21NO4. The summed E-state index contributed by atoms with van der Waals surface area (Å²) in [7, 11) is 0. The van der Waals surface area contributed by atoms with Gasteiger partial charge < -0.3 is 19.1 Å². The van der Waals surface area contributed by atoms with Crippen molar-refractivity contribution in [1.82, 2.24) is 0 Å². The van der Waals surface area contributed by atoms with E-state index < -0.39 is 5.41 Å². The molecule has 4 aliphatic rings. The Morgan fingerprint density at radius 2 is 2.00 bits per heavy atom. The molecule has 2 aromatic carbocycles. The highest BCUT2D eigenvalue weighted by Crippen LogP contribution is 2.54. The lowest BCUT2D eigenvalue weighted by atomic mass is 9.76. The molecular weight excluding hydrogens is 342 g/mol. The van der Waals surface area contributed by atoms with Gasteiger partial charge in [0.15, 0.2) is 0 Å². The number of anilines is 1. The fraction of sp³-hybridized carbons (Fsp3) is 0.409. The van der Waals surface area contributed by atoms with Gasteiger partial charge in [-0.05, 0) is 29.7 Å². The van der Waals surface area contributed by atoms with Crippen LogP contribution >= 0.6 is 0 Å². The first kappa shape index (κ1) is 15.5. The van der Waals surface area contributed by atoms with E-state index in [1.54, 1.807) is 0 Å². The summed E-state index contributed by atoms with van der Waals surface area (Å²) in [6.07, 6.45) is 1.90. The monoisotopic (exact) mass is 363 g/mol. The lowest BCUT2D eigenvalue weighted by molar-refractivity contribution is -0.122. The van der Waals surface area contributed by atoms with Crippen LogP contribution in [-0.2, 0) is 21.4 Å². The zero-order valence-electron chi connectivity index (χ0n) is 15.1. The van der Waals surface area contributed by atoms with Crippen LogP contribution in [0.15, 0.2) is 36.4 Å². The fourth-order valence-corrected chi connectivity index (χ4v) is 5.01. The second-order valence-electron chi connectivity index (χ2n) is 7.91. The van der Waals surface area contributed by atoms with E-state index >= 15 is 0 Å². The quantitative estimate of drug-likeness (QED) is 0.823. The van der Waals surface area contributed by atoms with Gasteiger partial charge >= 0.3 is 0 Å². The highest BCUT2D eigenvalue weighted by Gasteiger charge is 2.57. The van der Waals surface area contributed by atoms with Crippen LogP contribution < -0.4 is 14.4 Å². The van der Waals surface area contributed by atoms with Crippen molar-refractivity contribution in [2.24, 2.45) is 5.92 Å². The van der Waals surface area contributed by atoms with E-state index in [0.717, 1.165) is 54.4 Å². The Kier molecular flexibility index (Phi) is 3.15. The molecule has 0 bridgehead atoms. The highest BCUT2D eigenvalue weighted by atomic mass is 16.5. The lowest BCUT2D eigenvalue weighted by Gasteiger charge is -2.24. The maximum atomic E-state index is 13.8. The van der Waals surface area contributed by atoms with Crippen LogP contribution in [0.2, 0.25) is 0 Å². The summed E-state index contributed by atoms with van der Waals surface area (Å²) in [4.78, 5) is 15.8. The maximum absolute atomic E-state index is 13.8. The van der Waals surface area contributed by atoms with Gasteiger partial charge in [0.25, 0.3) is 0 Å². The Morgan fingerprint density at radius 3 is 2.89 bits per heavy atom. The Morgan fingerprint density at radius 1 is 1.07 bits per heavy atom. The third-order valence-electron chi connectivity index (χ3n) is 6.43. The van der Waals surface area contributed by atoms with Crippen molar-refractivity contribution >= 4 is 11.6 Å². The molecule has 4 heterocycles. The zero-order chi connectivity index (χ0) is 18.0. The van der Waals surface area contributed by atoms with Gasteiger partial charge in [0.2, 0.25) is 5.91 Å². The third-order valence-corrected chi connectivity index (χ3v) is 6.43. The fourth-order valence-electron chi connectivity index (χ4n) is 5.01. The SMILES string of the molecule is O=C1N(CC2CCOC2)c2ccccc2C12COc1cc3c(cc12)CCO3. The van der Waals surface area contributed by atoms with Crippen LogP contribution in [0.4, 0.5) is 5.69 Å². The van der Waals surface area contributed by atoms with Crippen LogP contribution in [0, 0.1) is 5.92 Å². The molecule has 4 aliphatic heterocycles. The standard InChI is InChI=1S/C22H21NO4/c24-21-22(13-27-20-10-19-15(6-8-26-19)9-17(20)22)16-3-1-2-4-18(16)23(21)11-14-5-7-25-12-14/h1-4,9-10,14H,5-8,11-13H2. The largest absolute Gasteiger partial charge is 0.493 e. The van der Waals surface area contributed by atoms with Gasteiger partial charge in [-0.1, -0.05) is 18.2 Å². The van der Waals surface area contributed by atoms with E-state index in [2.05, 4.69) is 18.2 Å². The van der Waals surface area contributed by atoms with Crippen molar-refractivity contribution in [3.8, 4) is 11.5 Å². The Hall–Kier alpha value is -2.53. The van der Waals surface area contributed by atoms with Crippen molar-refractivity contribution < 1.29 is 19.0 Å². The van der Waals surface area contributed by atoms with Gasteiger partial charge in [0, 0.05) is 42.8 Å². The molecule has 1 amide bonds. The van der Waals surface area contributed by atoms with Crippen LogP contribution in [-0.4, -0.2) is 38.9 Å². The number of benzene rings is 2. The predicted molar refractivity (Wildman–Crippen MR) is 99.6 cm³/mol. The number of hydrogen-bond acceptors (Lipinski definition) is 4. The molecule has 0 aliphatic carbocycles. The van der Waals surface area contributed by atoms with Gasteiger partial charge in [-0.2, -0.15) is 0 Å². The predicted octanol–water partition coefficient (Wildman–Crippen LogP) is 2.68. The minimum Gasteiger partial charge on any atom is -0.493 e. The minimum absolute atomic E-state index is 0.133. The molecule has 0 aromatic heterocycles. The molecule has 2 aromatic rings. The van der Waals surface area contributed by atoms with Crippen molar-refractivity contribution in [3.05, 3.63) is 53.1 Å². The van der Waals surface area contributed by atoms with E-state index in [1.807, 2.05) is 23.1 Å². The van der Waals surface area contributed by atoms with Gasteiger partial charge in [0.05, 0.1) is 13.2 Å². The summed E-state index contributed by atoms with van der Waals surface area (Å²) in [6.45, 7) is 3.29. The van der Waals surface area contributed by atoms with Crippen molar-refractivity contribution in [2.45, 2.75) is 18.3 Å². The first-order chi connectivity index (χ1) is 13.3. The summed E-state index contributed by atoms with van der Waals surface area (Å²) in [6, 6.07) is 12.3. The number of fused-ring (bicyclic) bond motifs is 5. The van der Waals surface area contributed by atoms with Crippen LogP contribution in [0.25, 0.3) is 0 Å². The number of carbonyl (C=O) groups excluding carboxylic acids is 1. The molecule has 2 atom stereocenters. The second kappa shape index (κ2) is 5.49. The number of rotatable bonds is 2. The molecule has 138 valence electrons. The average molecular weight is 363 g/mol. The molecule has 0 saturated carbocycles. The maximum Gasteiger partial charge on any atom is 0.245 e. The third kappa shape index (κ3) is 2.00. The molecule has 0 radical (unpaired) electrons. The van der Waals surface area contributed by atoms with Crippen LogP contribution in [0.1, 0.15) is 23.1 Å². The number of carbonyl (C=O) groups is 1. The van der Waals surface area contributed by atoms with Crippen molar-refractivity contribution in [3.63, 3.8) is 0 Å². The van der Waals surface area contributed by atoms with Crippen molar-refractivity contribution in [2.75, 3.05) is 37.9 Å². The van der Waals surface area contributed by atoms with Crippen molar-refractivity contribution in [1.29, 1.82) is 0 Å². The summed E-state index contributed by atoms with van der Waals surface area (Å²) in [5, 5.41) is 0. The molecule has 1 saturated heterocycles. The van der Waals surface area contributed by atoms with E-state index in [4.69, 9.17) is 14.2 Å². The topological polar surface area (TPSA) is 48.0 Å². The van der Waals surface area contributed by atoms with E-state index in [-0.39, 0.29) is 5.91 Å². The zero-order valence-corrected chi connectivity index (χ0v) is 15.1. The lowest BCUT2D eigenvalue weighted by Crippen LogP contribution is -2.44. The highest BCUT2D eigenvalue weighted by molar-refractivity contribution is 6.11. The number of nitrogens with zero attached hydrogens (tertiary/aromatic N) is 1. The Labute approximate surface area is 157 Å². The Bertz CT molecular complexity index is 949. The first-order valence-electron chi connectivity index (χ1n) is 9.69. The smallest absolute Gasteiger partial charge is 0.245 e. The number of para-hydroxylation sites is 1. The minimum atomic E-state index is -0.733. The second-order valence-corrected chi connectivity index (χ2v) is 7.91. The van der Waals surface area contributed by atoms with Crippen LogP contribution in [0.5, 0.6) is 11.5 Å². The summed E-state index contributed by atoms with van der Waals surface area (Å²) >= 11 is 0. The average Bonchev–Trinajstić information content (AvgIpc) is 3.46. The van der Waals surface area contributed by atoms with Crippen LogP contribution in [0.3, 0.4) is 0 Å². The van der Waals surface area contributed by atoms with Gasteiger partial charge in [-0.3, -0.25) is 4.79 Å². The van der Waals surface area contributed by atoms with Gasteiger partial charge in [-0.25, -0.2) is 0 Å². The summed E-state index contributed by atoms with van der Waals surface area (Å²) in [5.41, 5.74) is 3.51. The molecule has 2 unspecified atom stereocenters. The molecule has 5 nitrogen and oxygen atoms in total.